The summed E-state index contributed by atoms with van der Waals surface area (Å²) >= 11 is 0. The van der Waals surface area contributed by atoms with Crippen LogP contribution in [-0.4, -0.2) is 37.0 Å². The maximum atomic E-state index is 11.3. The van der Waals surface area contributed by atoms with Crippen molar-refractivity contribution in [2.45, 2.75) is 19.3 Å². The molecular weight excluding hydrogens is 240 g/mol. The molecule has 0 atom stereocenters. The third-order valence-corrected chi connectivity index (χ3v) is 3.50. The number of likely N-dealkylation sites (tertiary alicyclic amines) is 1. The molecule has 5 nitrogen and oxygen atoms in total. The van der Waals surface area contributed by atoms with E-state index in [1.165, 1.54) is 32.4 Å². The molecule has 1 aliphatic heterocycles. The van der Waals surface area contributed by atoms with Crippen molar-refractivity contribution in [3.63, 3.8) is 0 Å². The number of nitrogens with one attached hydrogen (secondary N) is 1. The van der Waals surface area contributed by atoms with E-state index in [-0.39, 0.29) is 0 Å². The van der Waals surface area contributed by atoms with Crippen LogP contribution < -0.4 is 16.8 Å². The molecule has 0 aliphatic carbocycles. The third-order valence-electron chi connectivity index (χ3n) is 3.50. The summed E-state index contributed by atoms with van der Waals surface area (Å²) < 4.78 is 0. The highest BCUT2D eigenvalue weighted by Gasteiger charge is 2.11. The standard InChI is InChI=1S/C14H22N4O/c15-11-4-5-12(14(16)19)13(10-11)17-6-9-18-7-2-1-3-8-18/h4-5,10,17H,1-3,6-9,15H2,(H2,16,19). The zero-order chi connectivity index (χ0) is 13.7. The lowest BCUT2D eigenvalue weighted by Crippen LogP contribution is -2.34. The second-order valence-corrected chi connectivity index (χ2v) is 5.00. The van der Waals surface area contributed by atoms with Crippen molar-refractivity contribution in [3.8, 4) is 0 Å². The first-order valence-electron chi connectivity index (χ1n) is 6.82. The van der Waals surface area contributed by atoms with Crippen molar-refractivity contribution in [2.75, 3.05) is 37.2 Å². The quantitative estimate of drug-likeness (QED) is 0.698. The molecule has 0 saturated carbocycles. The van der Waals surface area contributed by atoms with Crippen LogP contribution in [0.3, 0.4) is 0 Å². The van der Waals surface area contributed by atoms with Gasteiger partial charge in [-0.1, -0.05) is 6.42 Å². The van der Waals surface area contributed by atoms with Crippen LogP contribution in [0.4, 0.5) is 11.4 Å². The predicted octanol–water partition coefficient (Wildman–Crippen LogP) is 1.27. The lowest BCUT2D eigenvalue weighted by atomic mass is 10.1. The second-order valence-electron chi connectivity index (χ2n) is 5.00. The Bertz CT molecular complexity index is 441. The molecule has 0 spiro atoms. The van der Waals surface area contributed by atoms with E-state index in [9.17, 15) is 4.79 Å². The summed E-state index contributed by atoms with van der Waals surface area (Å²) in [6.07, 6.45) is 3.90. The van der Waals surface area contributed by atoms with Crippen molar-refractivity contribution >= 4 is 17.3 Å². The summed E-state index contributed by atoms with van der Waals surface area (Å²) in [5.74, 6) is -0.430. The van der Waals surface area contributed by atoms with Gasteiger partial charge in [0.15, 0.2) is 0 Å². The predicted molar refractivity (Wildman–Crippen MR) is 78.2 cm³/mol. The highest BCUT2D eigenvalue weighted by molar-refractivity contribution is 5.99. The fourth-order valence-electron chi connectivity index (χ4n) is 2.45. The van der Waals surface area contributed by atoms with Gasteiger partial charge in [-0.2, -0.15) is 0 Å². The van der Waals surface area contributed by atoms with Crippen LogP contribution in [0.25, 0.3) is 0 Å². The summed E-state index contributed by atoms with van der Waals surface area (Å²) in [5.41, 5.74) is 12.9. The third kappa shape index (κ3) is 3.86. The number of primary amides is 1. The molecular formula is C14H22N4O. The zero-order valence-electron chi connectivity index (χ0n) is 11.2. The normalized spacial score (nSPS) is 16.2. The van der Waals surface area contributed by atoms with E-state index in [1.807, 2.05) is 0 Å². The molecule has 1 amide bonds. The minimum Gasteiger partial charge on any atom is -0.399 e. The van der Waals surface area contributed by atoms with Gasteiger partial charge in [-0.25, -0.2) is 0 Å². The Morgan fingerprint density at radius 1 is 1.26 bits per heavy atom. The second kappa shape index (κ2) is 6.43. The zero-order valence-corrected chi connectivity index (χ0v) is 11.2. The lowest BCUT2D eigenvalue weighted by molar-refractivity contribution is 0.100. The number of piperidine rings is 1. The van der Waals surface area contributed by atoms with E-state index in [1.54, 1.807) is 18.2 Å². The molecule has 0 bridgehead atoms. The largest absolute Gasteiger partial charge is 0.399 e. The fraction of sp³-hybridized carbons (Fsp3) is 0.500. The molecule has 5 heteroatoms. The van der Waals surface area contributed by atoms with Gasteiger partial charge in [0.05, 0.1) is 5.56 Å². The molecule has 1 aliphatic rings. The number of carbonyl (C=O) groups excluding carboxylic acids is 1. The molecule has 5 N–H and O–H groups in total. The molecule has 104 valence electrons. The molecule has 2 rings (SSSR count). The van der Waals surface area contributed by atoms with Crippen LogP contribution in [0, 0.1) is 0 Å². The average molecular weight is 262 g/mol. The van der Waals surface area contributed by atoms with E-state index in [4.69, 9.17) is 11.5 Å². The van der Waals surface area contributed by atoms with Gasteiger partial charge in [0.2, 0.25) is 0 Å². The monoisotopic (exact) mass is 262 g/mol. The molecule has 1 fully saturated rings. The van der Waals surface area contributed by atoms with Gasteiger partial charge in [-0.05, 0) is 44.1 Å². The first-order chi connectivity index (χ1) is 9.16. The van der Waals surface area contributed by atoms with Gasteiger partial charge in [0.25, 0.3) is 5.91 Å². The van der Waals surface area contributed by atoms with Gasteiger partial charge in [0.1, 0.15) is 0 Å². The highest BCUT2D eigenvalue weighted by atomic mass is 16.1. The topological polar surface area (TPSA) is 84.4 Å². The Labute approximate surface area is 113 Å². The van der Waals surface area contributed by atoms with Crippen molar-refractivity contribution in [1.29, 1.82) is 0 Å². The Morgan fingerprint density at radius 3 is 2.68 bits per heavy atom. The van der Waals surface area contributed by atoms with E-state index in [0.717, 1.165) is 18.8 Å². The van der Waals surface area contributed by atoms with Crippen LogP contribution >= 0.6 is 0 Å². The molecule has 0 unspecified atom stereocenters. The Balaban J connectivity index is 1.91. The summed E-state index contributed by atoms with van der Waals surface area (Å²) in [4.78, 5) is 13.8. The number of hydrogen-bond acceptors (Lipinski definition) is 4. The highest BCUT2D eigenvalue weighted by Crippen LogP contribution is 2.18. The Hall–Kier alpha value is -1.75. The fourth-order valence-corrected chi connectivity index (χ4v) is 2.45. The molecule has 1 aromatic rings. The van der Waals surface area contributed by atoms with E-state index in [2.05, 4.69) is 10.2 Å². The first-order valence-corrected chi connectivity index (χ1v) is 6.82. The van der Waals surface area contributed by atoms with Gasteiger partial charge in [-0.15, -0.1) is 0 Å². The van der Waals surface area contributed by atoms with Gasteiger partial charge in [-0.3, -0.25) is 4.79 Å². The number of anilines is 2. The van der Waals surface area contributed by atoms with Crippen LogP contribution in [0.5, 0.6) is 0 Å². The number of nitrogens with zero attached hydrogens (tertiary/aromatic N) is 1. The number of hydrogen-bond donors (Lipinski definition) is 3. The van der Waals surface area contributed by atoms with Crippen LogP contribution in [0.1, 0.15) is 29.6 Å². The first kappa shape index (κ1) is 13.7. The Kier molecular flexibility index (Phi) is 4.63. The van der Waals surface area contributed by atoms with Crippen molar-refractivity contribution in [3.05, 3.63) is 23.8 Å². The molecule has 1 aromatic carbocycles. The number of carbonyl (C=O) groups is 1. The van der Waals surface area contributed by atoms with E-state index >= 15 is 0 Å². The molecule has 19 heavy (non-hydrogen) atoms. The van der Waals surface area contributed by atoms with Crippen LogP contribution in [0.2, 0.25) is 0 Å². The maximum Gasteiger partial charge on any atom is 0.250 e. The number of nitrogens with two attached hydrogens (primary N) is 2. The molecule has 1 saturated heterocycles. The van der Waals surface area contributed by atoms with Gasteiger partial charge in [0, 0.05) is 24.5 Å². The summed E-state index contributed by atoms with van der Waals surface area (Å²) in [7, 11) is 0. The van der Waals surface area contributed by atoms with Crippen LogP contribution in [0.15, 0.2) is 18.2 Å². The number of nitrogen functional groups attached to an aromatic ring is 1. The van der Waals surface area contributed by atoms with Crippen molar-refractivity contribution in [2.24, 2.45) is 5.73 Å². The molecule has 1 heterocycles. The van der Waals surface area contributed by atoms with Crippen molar-refractivity contribution < 1.29 is 4.79 Å². The minimum absolute atomic E-state index is 0.430. The van der Waals surface area contributed by atoms with Gasteiger partial charge >= 0.3 is 0 Å². The molecule has 0 radical (unpaired) electrons. The summed E-state index contributed by atoms with van der Waals surface area (Å²) in [5, 5.41) is 3.26. The lowest BCUT2D eigenvalue weighted by Gasteiger charge is -2.26. The van der Waals surface area contributed by atoms with E-state index < -0.39 is 5.91 Å². The van der Waals surface area contributed by atoms with Crippen molar-refractivity contribution in [1.82, 2.24) is 4.90 Å². The average Bonchev–Trinajstić information content (AvgIpc) is 2.39. The number of rotatable bonds is 5. The Morgan fingerprint density at radius 2 is 2.00 bits per heavy atom. The van der Waals surface area contributed by atoms with Gasteiger partial charge < -0.3 is 21.7 Å². The van der Waals surface area contributed by atoms with Crippen LogP contribution in [-0.2, 0) is 0 Å². The number of benzene rings is 1. The maximum absolute atomic E-state index is 11.3. The summed E-state index contributed by atoms with van der Waals surface area (Å²) in [6.45, 7) is 4.11. The molecule has 0 aromatic heterocycles. The smallest absolute Gasteiger partial charge is 0.250 e. The summed E-state index contributed by atoms with van der Waals surface area (Å²) in [6, 6.07) is 5.12. The SMILES string of the molecule is NC(=O)c1ccc(N)cc1NCCN1CCCCC1. The minimum atomic E-state index is -0.430. The number of amides is 1. The van der Waals surface area contributed by atoms with E-state index in [0.29, 0.717) is 11.3 Å².